The van der Waals surface area contributed by atoms with Crippen LogP contribution < -0.4 is 4.72 Å². The summed E-state index contributed by atoms with van der Waals surface area (Å²) in [6, 6.07) is 5.22. The number of nitrogens with one attached hydrogen (secondary N) is 1. The van der Waals surface area contributed by atoms with Crippen molar-refractivity contribution in [2.24, 2.45) is 5.92 Å². The van der Waals surface area contributed by atoms with Gasteiger partial charge in [-0.15, -0.1) is 0 Å². The van der Waals surface area contributed by atoms with Crippen LogP contribution in [0.15, 0.2) is 27.6 Å². The number of rotatable bonds is 4. The first kappa shape index (κ1) is 15.0. The number of sulfonamides is 1. The molecule has 6 heteroatoms. The fourth-order valence-electron chi connectivity index (χ4n) is 2.10. The third kappa shape index (κ3) is 4.02. The molecule has 19 heavy (non-hydrogen) atoms. The lowest BCUT2D eigenvalue weighted by Gasteiger charge is -2.22. The normalized spacial score (nSPS) is 20.4. The summed E-state index contributed by atoms with van der Waals surface area (Å²) in [4.78, 5) is 0.287. The largest absolute Gasteiger partial charge is 0.381 e. The van der Waals surface area contributed by atoms with Crippen LogP contribution in [0.25, 0.3) is 0 Å². The van der Waals surface area contributed by atoms with Crippen LogP contribution in [0.2, 0.25) is 0 Å². The molecule has 1 aliphatic heterocycles. The van der Waals surface area contributed by atoms with Gasteiger partial charge < -0.3 is 4.74 Å². The molecule has 1 atom stereocenters. The number of hydrogen-bond donors (Lipinski definition) is 1. The minimum atomic E-state index is -3.46. The van der Waals surface area contributed by atoms with Gasteiger partial charge in [-0.25, -0.2) is 13.1 Å². The van der Waals surface area contributed by atoms with Crippen LogP contribution >= 0.6 is 15.9 Å². The quantitative estimate of drug-likeness (QED) is 0.910. The van der Waals surface area contributed by atoms with Crippen molar-refractivity contribution >= 4 is 26.0 Å². The van der Waals surface area contributed by atoms with Crippen molar-refractivity contribution in [2.45, 2.75) is 24.7 Å². The summed E-state index contributed by atoms with van der Waals surface area (Å²) in [5.74, 6) is 0.271. The molecular formula is C13H18BrNO3S. The maximum absolute atomic E-state index is 12.2. The number of halogens is 1. The standard InChI is InChI=1S/C13H18BrNO3S/c1-10-4-5-13(12(14)7-10)19(16,17)15-8-11-3-2-6-18-9-11/h4-5,7,11,15H,2-3,6,8-9H2,1H3. The first-order valence-electron chi connectivity index (χ1n) is 6.32. The highest BCUT2D eigenvalue weighted by Crippen LogP contribution is 2.23. The molecule has 1 saturated heterocycles. The lowest BCUT2D eigenvalue weighted by molar-refractivity contribution is 0.0568. The molecule has 1 aliphatic rings. The van der Waals surface area contributed by atoms with E-state index in [9.17, 15) is 8.42 Å². The highest BCUT2D eigenvalue weighted by atomic mass is 79.9. The maximum atomic E-state index is 12.2. The Balaban J connectivity index is 2.05. The summed E-state index contributed by atoms with van der Waals surface area (Å²) >= 11 is 3.31. The monoisotopic (exact) mass is 347 g/mol. The van der Waals surface area contributed by atoms with Crippen molar-refractivity contribution in [1.82, 2.24) is 4.72 Å². The Labute approximate surface area is 122 Å². The Bertz CT molecular complexity index is 539. The van der Waals surface area contributed by atoms with Gasteiger partial charge in [0.2, 0.25) is 10.0 Å². The zero-order chi connectivity index (χ0) is 13.9. The molecular weight excluding hydrogens is 330 g/mol. The van der Waals surface area contributed by atoms with E-state index in [1.54, 1.807) is 18.2 Å². The number of hydrogen-bond acceptors (Lipinski definition) is 3. The molecule has 0 spiro atoms. The van der Waals surface area contributed by atoms with Crippen LogP contribution in [0.3, 0.4) is 0 Å². The smallest absolute Gasteiger partial charge is 0.241 e. The van der Waals surface area contributed by atoms with E-state index in [-0.39, 0.29) is 10.8 Å². The number of benzene rings is 1. The van der Waals surface area contributed by atoms with Crippen LogP contribution in [0.5, 0.6) is 0 Å². The summed E-state index contributed by atoms with van der Waals surface area (Å²) in [6.07, 6.45) is 2.01. The third-order valence-corrected chi connectivity index (χ3v) is 5.59. The molecule has 2 rings (SSSR count). The minimum Gasteiger partial charge on any atom is -0.381 e. The van der Waals surface area contributed by atoms with Crippen LogP contribution in [-0.4, -0.2) is 28.2 Å². The summed E-state index contributed by atoms with van der Waals surface area (Å²) < 4.78 is 33.1. The van der Waals surface area contributed by atoms with Gasteiger partial charge in [-0.3, -0.25) is 0 Å². The molecule has 4 nitrogen and oxygen atoms in total. The predicted molar refractivity (Wildman–Crippen MR) is 77.6 cm³/mol. The second kappa shape index (κ2) is 6.35. The number of ether oxygens (including phenoxy) is 1. The summed E-state index contributed by atoms with van der Waals surface area (Å²) in [5, 5.41) is 0. The average molecular weight is 348 g/mol. The van der Waals surface area contributed by atoms with Gasteiger partial charge in [0.15, 0.2) is 0 Å². The topological polar surface area (TPSA) is 55.4 Å². The van der Waals surface area contributed by atoms with E-state index in [1.807, 2.05) is 6.92 Å². The second-order valence-electron chi connectivity index (χ2n) is 4.87. The number of aryl methyl sites for hydroxylation is 1. The van der Waals surface area contributed by atoms with Crippen LogP contribution in [0, 0.1) is 12.8 Å². The Morgan fingerprint density at radius 3 is 2.89 bits per heavy atom. The third-order valence-electron chi connectivity index (χ3n) is 3.19. The summed E-state index contributed by atoms with van der Waals surface area (Å²) in [6.45, 7) is 3.78. The highest BCUT2D eigenvalue weighted by molar-refractivity contribution is 9.10. The lowest BCUT2D eigenvalue weighted by atomic mass is 10.0. The van der Waals surface area contributed by atoms with Crippen LogP contribution in [0.1, 0.15) is 18.4 Å². The molecule has 0 saturated carbocycles. The fraction of sp³-hybridized carbons (Fsp3) is 0.538. The van der Waals surface area contributed by atoms with Gasteiger partial charge in [0.05, 0.1) is 11.5 Å². The van der Waals surface area contributed by atoms with Gasteiger partial charge in [0.25, 0.3) is 0 Å². The van der Waals surface area contributed by atoms with Crippen molar-refractivity contribution in [3.8, 4) is 0 Å². The molecule has 0 aliphatic carbocycles. The Morgan fingerprint density at radius 2 is 2.26 bits per heavy atom. The first-order valence-corrected chi connectivity index (χ1v) is 8.60. The Kier molecular flexibility index (Phi) is 5.00. The van der Waals surface area contributed by atoms with E-state index < -0.39 is 10.0 Å². The minimum absolute atomic E-state index is 0.271. The summed E-state index contributed by atoms with van der Waals surface area (Å²) in [5.41, 5.74) is 1.02. The lowest BCUT2D eigenvalue weighted by Crippen LogP contribution is -2.33. The van der Waals surface area contributed by atoms with E-state index in [0.717, 1.165) is 25.0 Å². The van der Waals surface area contributed by atoms with Gasteiger partial charge in [-0.05, 0) is 59.3 Å². The van der Waals surface area contributed by atoms with E-state index >= 15 is 0 Å². The van der Waals surface area contributed by atoms with Crippen molar-refractivity contribution in [3.05, 3.63) is 28.2 Å². The fourth-order valence-corrected chi connectivity index (χ4v) is 4.40. The first-order chi connectivity index (χ1) is 8.99. The molecule has 0 amide bonds. The zero-order valence-electron chi connectivity index (χ0n) is 10.9. The molecule has 0 bridgehead atoms. The highest BCUT2D eigenvalue weighted by Gasteiger charge is 2.20. The predicted octanol–water partition coefficient (Wildman–Crippen LogP) is 2.46. The van der Waals surface area contributed by atoms with E-state index in [0.29, 0.717) is 17.6 Å². The van der Waals surface area contributed by atoms with Crippen LogP contribution in [0.4, 0.5) is 0 Å². The molecule has 106 valence electrons. The molecule has 1 aromatic carbocycles. The maximum Gasteiger partial charge on any atom is 0.241 e. The molecule has 1 fully saturated rings. The van der Waals surface area contributed by atoms with Crippen molar-refractivity contribution in [3.63, 3.8) is 0 Å². The molecule has 1 aromatic rings. The van der Waals surface area contributed by atoms with Gasteiger partial charge in [-0.1, -0.05) is 6.07 Å². The van der Waals surface area contributed by atoms with E-state index in [2.05, 4.69) is 20.7 Å². The molecule has 0 aromatic heterocycles. The Hall–Kier alpha value is -0.430. The van der Waals surface area contributed by atoms with Gasteiger partial charge in [-0.2, -0.15) is 0 Å². The Morgan fingerprint density at radius 1 is 1.47 bits per heavy atom. The van der Waals surface area contributed by atoms with Crippen molar-refractivity contribution in [1.29, 1.82) is 0 Å². The SMILES string of the molecule is Cc1ccc(S(=O)(=O)NCC2CCCOC2)c(Br)c1. The molecule has 0 radical (unpaired) electrons. The van der Waals surface area contributed by atoms with E-state index in [4.69, 9.17) is 4.74 Å². The molecule has 1 N–H and O–H groups in total. The average Bonchev–Trinajstić information content (AvgIpc) is 2.37. The van der Waals surface area contributed by atoms with Crippen molar-refractivity contribution in [2.75, 3.05) is 19.8 Å². The zero-order valence-corrected chi connectivity index (χ0v) is 13.3. The van der Waals surface area contributed by atoms with Gasteiger partial charge in [0, 0.05) is 17.6 Å². The van der Waals surface area contributed by atoms with Gasteiger partial charge >= 0.3 is 0 Å². The van der Waals surface area contributed by atoms with Crippen molar-refractivity contribution < 1.29 is 13.2 Å². The second-order valence-corrected chi connectivity index (χ2v) is 7.46. The molecule has 1 heterocycles. The van der Waals surface area contributed by atoms with E-state index in [1.165, 1.54) is 0 Å². The van der Waals surface area contributed by atoms with Gasteiger partial charge in [0.1, 0.15) is 0 Å². The summed E-state index contributed by atoms with van der Waals surface area (Å²) in [7, 11) is -3.46. The molecule has 1 unspecified atom stereocenters. The van der Waals surface area contributed by atoms with Crippen LogP contribution in [-0.2, 0) is 14.8 Å².